The van der Waals surface area contributed by atoms with Crippen molar-refractivity contribution in [2.45, 2.75) is 25.0 Å². The van der Waals surface area contributed by atoms with Crippen molar-refractivity contribution >= 4 is 12.4 Å². The number of rotatable bonds is 1. The summed E-state index contributed by atoms with van der Waals surface area (Å²) >= 11 is 0. The fraction of sp³-hybridized carbons (Fsp3) is 0.538. The zero-order valence-corrected chi connectivity index (χ0v) is 10.8. The molecule has 2 aliphatic rings. The molecule has 1 saturated heterocycles. The number of ether oxygens (including phenoxy) is 2. The molecule has 3 nitrogen and oxygen atoms in total. The Balaban J connectivity index is 0.00000108. The third-order valence-corrected chi connectivity index (χ3v) is 3.56. The van der Waals surface area contributed by atoms with E-state index in [-0.39, 0.29) is 18.5 Å². The van der Waals surface area contributed by atoms with Crippen molar-refractivity contribution in [3.05, 3.63) is 29.3 Å². The van der Waals surface area contributed by atoms with E-state index in [4.69, 9.17) is 9.47 Å². The molecule has 1 fully saturated rings. The Hall–Kier alpha value is -0.770. The number of nitrogens with one attached hydrogen (secondary N) is 1. The minimum atomic E-state index is 0. The first-order valence-corrected chi connectivity index (χ1v) is 5.90. The molecule has 0 amide bonds. The van der Waals surface area contributed by atoms with E-state index >= 15 is 0 Å². The molecular formula is C13H18ClNO2. The van der Waals surface area contributed by atoms with Crippen LogP contribution in [0.4, 0.5) is 0 Å². The molecule has 17 heavy (non-hydrogen) atoms. The van der Waals surface area contributed by atoms with Crippen LogP contribution in [0.25, 0.3) is 0 Å². The van der Waals surface area contributed by atoms with Crippen molar-refractivity contribution in [2.24, 2.45) is 0 Å². The maximum Gasteiger partial charge on any atom is 0.119 e. The van der Waals surface area contributed by atoms with Crippen LogP contribution in [0, 0.1) is 0 Å². The Morgan fingerprint density at radius 3 is 3.12 bits per heavy atom. The van der Waals surface area contributed by atoms with E-state index in [1.807, 2.05) is 6.07 Å². The number of fused-ring (bicyclic) bond motifs is 3. The molecule has 0 bridgehead atoms. The van der Waals surface area contributed by atoms with Gasteiger partial charge in [-0.15, -0.1) is 12.4 Å². The highest BCUT2D eigenvalue weighted by Crippen LogP contribution is 2.36. The van der Waals surface area contributed by atoms with Gasteiger partial charge in [0.2, 0.25) is 0 Å². The molecule has 1 aromatic rings. The van der Waals surface area contributed by atoms with Crippen LogP contribution in [0.2, 0.25) is 0 Å². The van der Waals surface area contributed by atoms with Crippen molar-refractivity contribution < 1.29 is 9.47 Å². The summed E-state index contributed by atoms with van der Waals surface area (Å²) in [6.45, 7) is 1.78. The van der Waals surface area contributed by atoms with E-state index in [1.165, 1.54) is 17.5 Å². The summed E-state index contributed by atoms with van der Waals surface area (Å²) in [4.78, 5) is 0. The van der Waals surface area contributed by atoms with Crippen molar-refractivity contribution in [3.63, 3.8) is 0 Å². The minimum Gasteiger partial charge on any atom is -0.497 e. The second-order valence-corrected chi connectivity index (χ2v) is 4.46. The largest absolute Gasteiger partial charge is 0.497 e. The van der Waals surface area contributed by atoms with Crippen LogP contribution in [0.5, 0.6) is 5.75 Å². The molecule has 1 heterocycles. The molecule has 3 rings (SSSR count). The molecule has 1 aromatic carbocycles. The summed E-state index contributed by atoms with van der Waals surface area (Å²) in [5.41, 5.74) is 2.72. The van der Waals surface area contributed by atoms with Gasteiger partial charge in [-0.3, -0.25) is 0 Å². The van der Waals surface area contributed by atoms with Crippen LogP contribution in [0.1, 0.15) is 23.7 Å². The van der Waals surface area contributed by atoms with Crippen LogP contribution in [-0.2, 0) is 11.2 Å². The molecule has 4 heteroatoms. The lowest BCUT2D eigenvalue weighted by Gasteiger charge is -2.37. The van der Waals surface area contributed by atoms with Crippen LogP contribution in [0.15, 0.2) is 18.2 Å². The lowest BCUT2D eigenvalue weighted by molar-refractivity contribution is -0.0128. The summed E-state index contributed by atoms with van der Waals surface area (Å²) < 4.78 is 11.2. The molecule has 0 saturated carbocycles. The van der Waals surface area contributed by atoms with Crippen molar-refractivity contribution in [1.29, 1.82) is 0 Å². The maximum atomic E-state index is 5.89. The van der Waals surface area contributed by atoms with Crippen molar-refractivity contribution in [3.8, 4) is 5.75 Å². The molecule has 94 valence electrons. The SMILES string of the molecule is COc1ccc2c(c1)C1OCCNC1CC2.Cl. The van der Waals surface area contributed by atoms with Gasteiger partial charge in [0.25, 0.3) is 0 Å². The highest BCUT2D eigenvalue weighted by Gasteiger charge is 2.32. The third-order valence-electron chi connectivity index (χ3n) is 3.56. The molecule has 0 aromatic heterocycles. The lowest BCUT2D eigenvalue weighted by atomic mass is 9.85. The Labute approximate surface area is 108 Å². The van der Waals surface area contributed by atoms with Gasteiger partial charge in [-0.05, 0) is 36.1 Å². The Morgan fingerprint density at radius 1 is 1.41 bits per heavy atom. The van der Waals surface area contributed by atoms with Gasteiger partial charge in [-0.2, -0.15) is 0 Å². The monoisotopic (exact) mass is 255 g/mol. The Bertz CT molecular complexity index is 397. The van der Waals surface area contributed by atoms with Gasteiger partial charge in [0.05, 0.1) is 19.8 Å². The standard InChI is InChI=1S/C13H17NO2.ClH/c1-15-10-4-2-9-3-5-12-13(11(9)8-10)16-7-6-14-12;/h2,4,8,12-14H,3,5-7H2,1H3;1H. The zero-order valence-electron chi connectivity index (χ0n) is 9.94. The predicted octanol–water partition coefficient (Wildman–Crippen LogP) is 2.09. The highest BCUT2D eigenvalue weighted by atomic mass is 35.5. The maximum absolute atomic E-state index is 5.89. The quantitative estimate of drug-likeness (QED) is 0.834. The van der Waals surface area contributed by atoms with E-state index in [2.05, 4.69) is 17.4 Å². The number of benzene rings is 1. The molecule has 0 radical (unpaired) electrons. The normalized spacial score (nSPS) is 26.4. The first-order chi connectivity index (χ1) is 7.88. The topological polar surface area (TPSA) is 30.5 Å². The number of methoxy groups -OCH3 is 1. The molecule has 2 atom stereocenters. The predicted molar refractivity (Wildman–Crippen MR) is 69.0 cm³/mol. The summed E-state index contributed by atoms with van der Waals surface area (Å²) in [5.74, 6) is 0.925. The minimum absolute atomic E-state index is 0. The van der Waals surface area contributed by atoms with Gasteiger partial charge in [-0.25, -0.2) is 0 Å². The Kier molecular flexibility index (Phi) is 3.92. The van der Waals surface area contributed by atoms with Crippen LogP contribution < -0.4 is 10.1 Å². The van der Waals surface area contributed by atoms with Crippen LogP contribution in [0.3, 0.4) is 0 Å². The lowest BCUT2D eigenvalue weighted by Crippen LogP contribution is -2.45. The molecule has 2 unspecified atom stereocenters. The zero-order chi connectivity index (χ0) is 11.0. The Morgan fingerprint density at radius 2 is 2.29 bits per heavy atom. The third kappa shape index (κ3) is 2.28. The number of aryl methyl sites for hydroxylation is 1. The van der Waals surface area contributed by atoms with E-state index < -0.39 is 0 Å². The van der Waals surface area contributed by atoms with Gasteiger partial charge >= 0.3 is 0 Å². The number of hydrogen-bond acceptors (Lipinski definition) is 3. The first kappa shape index (κ1) is 12.7. The summed E-state index contributed by atoms with van der Waals surface area (Å²) in [7, 11) is 1.71. The van der Waals surface area contributed by atoms with E-state index in [1.54, 1.807) is 7.11 Å². The fourth-order valence-electron chi connectivity index (χ4n) is 2.72. The van der Waals surface area contributed by atoms with Gasteiger partial charge < -0.3 is 14.8 Å². The van der Waals surface area contributed by atoms with Gasteiger partial charge in [-0.1, -0.05) is 6.07 Å². The molecule has 1 aliphatic heterocycles. The van der Waals surface area contributed by atoms with Crippen molar-refractivity contribution in [1.82, 2.24) is 5.32 Å². The summed E-state index contributed by atoms with van der Waals surface area (Å²) in [6.07, 6.45) is 2.52. The van der Waals surface area contributed by atoms with Crippen LogP contribution >= 0.6 is 12.4 Å². The highest BCUT2D eigenvalue weighted by molar-refractivity contribution is 5.85. The number of morpholine rings is 1. The second-order valence-electron chi connectivity index (χ2n) is 4.46. The van der Waals surface area contributed by atoms with Gasteiger partial charge in [0.15, 0.2) is 0 Å². The average molecular weight is 256 g/mol. The smallest absolute Gasteiger partial charge is 0.119 e. The molecule has 0 spiro atoms. The number of halogens is 1. The summed E-state index contributed by atoms with van der Waals surface area (Å²) in [5, 5.41) is 3.53. The second kappa shape index (κ2) is 5.25. The average Bonchev–Trinajstić information content (AvgIpc) is 2.38. The van der Waals surface area contributed by atoms with E-state index in [0.717, 1.165) is 25.3 Å². The fourth-order valence-corrected chi connectivity index (χ4v) is 2.72. The van der Waals surface area contributed by atoms with Gasteiger partial charge in [0, 0.05) is 12.6 Å². The van der Waals surface area contributed by atoms with Crippen molar-refractivity contribution in [2.75, 3.05) is 20.3 Å². The molecular weight excluding hydrogens is 238 g/mol. The number of hydrogen-bond donors (Lipinski definition) is 1. The summed E-state index contributed by atoms with van der Waals surface area (Å²) in [6, 6.07) is 6.81. The molecule has 1 N–H and O–H groups in total. The van der Waals surface area contributed by atoms with Gasteiger partial charge in [0.1, 0.15) is 5.75 Å². The van der Waals surface area contributed by atoms with E-state index in [9.17, 15) is 0 Å². The van der Waals surface area contributed by atoms with Crippen LogP contribution in [-0.4, -0.2) is 26.3 Å². The molecule has 1 aliphatic carbocycles. The first-order valence-electron chi connectivity index (χ1n) is 5.90. The van der Waals surface area contributed by atoms with E-state index in [0.29, 0.717) is 6.04 Å².